The number of rotatable bonds is 1. The van der Waals surface area contributed by atoms with E-state index in [0.29, 0.717) is 5.54 Å². The first-order chi connectivity index (χ1) is 5.06. The van der Waals surface area contributed by atoms with E-state index in [9.17, 15) is 0 Å². The molecule has 2 nitrogen and oxygen atoms in total. The van der Waals surface area contributed by atoms with Gasteiger partial charge in [-0.3, -0.25) is 4.90 Å². The second kappa shape index (κ2) is 3.11. The number of piperazine rings is 1. The molecule has 0 atom stereocenters. The molecule has 0 radical (unpaired) electrons. The highest BCUT2D eigenvalue weighted by Crippen LogP contribution is 2.18. The van der Waals surface area contributed by atoms with E-state index in [4.69, 9.17) is 0 Å². The van der Waals surface area contributed by atoms with Crippen LogP contribution in [-0.2, 0) is 0 Å². The van der Waals surface area contributed by atoms with Gasteiger partial charge < -0.3 is 4.90 Å². The molecule has 1 rings (SSSR count). The molecular formula is C9H20N2. The molecule has 0 amide bonds. The van der Waals surface area contributed by atoms with Crippen LogP contribution >= 0.6 is 0 Å². The second-order valence-electron chi connectivity index (χ2n) is 4.13. The highest BCUT2D eigenvalue weighted by atomic mass is 15.3. The molecule has 0 saturated carbocycles. The number of nitrogens with zero attached hydrogens (tertiary/aromatic N) is 2. The number of hydrogen-bond acceptors (Lipinski definition) is 2. The monoisotopic (exact) mass is 156 g/mol. The third kappa shape index (κ3) is 1.94. The molecule has 11 heavy (non-hydrogen) atoms. The molecule has 0 bridgehead atoms. The fourth-order valence-corrected chi connectivity index (χ4v) is 2.02. The first kappa shape index (κ1) is 9.01. The lowest BCUT2D eigenvalue weighted by Gasteiger charge is -2.45. The summed E-state index contributed by atoms with van der Waals surface area (Å²) in [5, 5.41) is 0. The molecule has 66 valence electrons. The van der Waals surface area contributed by atoms with Gasteiger partial charge in [0.15, 0.2) is 0 Å². The second-order valence-corrected chi connectivity index (χ2v) is 4.13. The first-order valence-electron chi connectivity index (χ1n) is 4.50. The van der Waals surface area contributed by atoms with E-state index in [1.807, 2.05) is 0 Å². The SMILES string of the molecule is CCN1CCN(C)CC1(C)C. The lowest BCUT2D eigenvalue weighted by atomic mass is 9.99. The van der Waals surface area contributed by atoms with Crippen molar-refractivity contribution in [1.82, 2.24) is 9.80 Å². The van der Waals surface area contributed by atoms with Crippen LogP contribution < -0.4 is 0 Å². The maximum atomic E-state index is 2.55. The van der Waals surface area contributed by atoms with Gasteiger partial charge in [-0.15, -0.1) is 0 Å². The minimum Gasteiger partial charge on any atom is -0.303 e. The lowest BCUT2D eigenvalue weighted by molar-refractivity contribution is 0.0363. The molecule has 1 heterocycles. The zero-order valence-corrected chi connectivity index (χ0v) is 8.22. The summed E-state index contributed by atoms with van der Waals surface area (Å²) in [6, 6.07) is 0. The van der Waals surface area contributed by atoms with Gasteiger partial charge >= 0.3 is 0 Å². The smallest absolute Gasteiger partial charge is 0.0280 e. The zero-order valence-electron chi connectivity index (χ0n) is 8.22. The third-order valence-corrected chi connectivity index (χ3v) is 2.65. The van der Waals surface area contributed by atoms with E-state index in [-0.39, 0.29) is 0 Å². The van der Waals surface area contributed by atoms with Crippen molar-refractivity contribution in [3.05, 3.63) is 0 Å². The summed E-state index contributed by atoms with van der Waals surface area (Å²) in [5.41, 5.74) is 0.377. The van der Waals surface area contributed by atoms with E-state index in [2.05, 4.69) is 37.6 Å². The average molecular weight is 156 g/mol. The van der Waals surface area contributed by atoms with E-state index in [0.717, 1.165) is 0 Å². The van der Waals surface area contributed by atoms with Crippen LogP contribution in [0.4, 0.5) is 0 Å². The highest BCUT2D eigenvalue weighted by Gasteiger charge is 2.30. The molecule has 0 spiro atoms. The van der Waals surface area contributed by atoms with Crippen LogP contribution in [0.2, 0.25) is 0 Å². The molecule has 0 N–H and O–H groups in total. The predicted molar refractivity (Wildman–Crippen MR) is 48.8 cm³/mol. The quantitative estimate of drug-likeness (QED) is 0.559. The molecule has 1 saturated heterocycles. The Morgan fingerprint density at radius 3 is 2.36 bits per heavy atom. The molecule has 1 fully saturated rings. The lowest BCUT2D eigenvalue weighted by Crippen LogP contribution is -2.57. The van der Waals surface area contributed by atoms with Crippen molar-refractivity contribution in [2.45, 2.75) is 26.3 Å². The van der Waals surface area contributed by atoms with Gasteiger partial charge in [0.05, 0.1) is 0 Å². The largest absolute Gasteiger partial charge is 0.303 e. The molecule has 1 aliphatic rings. The summed E-state index contributed by atoms with van der Waals surface area (Å²) < 4.78 is 0. The molecule has 0 unspecified atom stereocenters. The van der Waals surface area contributed by atoms with Gasteiger partial charge in [0, 0.05) is 25.2 Å². The Labute approximate surface area is 70.2 Å². The van der Waals surface area contributed by atoms with Crippen molar-refractivity contribution in [3.63, 3.8) is 0 Å². The zero-order chi connectivity index (χ0) is 8.48. The van der Waals surface area contributed by atoms with Gasteiger partial charge in [0.25, 0.3) is 0 Å². The Bertz CT molecular complexity index is 132. The Morgan fingerprint density at radius 2 is 1.91 bits per heavy atom. The Morgan fingerprint density at radius 1 is 1.27 bits per heavy atom. The van der Waals surface area contributed by atoms with Crippen molar-refractivity contribution in [3.8, 4) is 0 Å². The third-order valence-electron chi connectivity index (χ3n) is 2.65. The molecule has 0 aliphatic carbocycles. The number of likely N-dealkylation sites (N-methyl/N-ethyl adjacent to an activating group) is 2. The van der Waals surface area contributed by atoms with Gasteiger partial charge in [0.2, 0.25) is 0 Å². The summed E-state index contributed by atoms with van der Waals surface area (Å²) in [5.74, 6) is 0. The standard InChI is InChI=1S/C9H20N2/c1-5-11-7-6-10(4)8-9(11,2)3/h5-8H2,1-4H3. The Balaban J connectivity index is 2.56. The van der Waals surface area contributed by atoms with Crippen LogP contribution in [-0.4, -0.2) is 48.6 Å². The van der Waals surface area contributed by atoms with Crippen molar-refractivity contribution in [1.29, 1.82) is 0 Å². The normalized spacial score (nSPS) is 27.3. The van der Waals surface area contributed by atoms with Crippen molar-refractivity contribution < 1.29 is 0 Å². The fourth-order valence-electron chi connectivity index (χ4n) is 2.02. The molecule has 2 heteroatoms. The van der Waals surface area contributed by atoms with Crippen LogP contribution in [0.3, 0.4) is 0 Å². The maximum Gasteiger partial charge on any atom is 0.0280 e. The van der Waals surface area contributed by atoms with Crippen LogP contribution in [0.1, 0.15) is 20.8 Å². The van der Waals surface area contributed by atoms with Gasteiger partial charge in [-0.25, -0.2) is 0 Å². The van der Waals surface area contributed by atoms with Gasteiger partial charge in [-0.05, 0) is 27.4 Å². The van der Waals surface area contributed by atoms with E-state index in [1.54, 1.807) is 0 Å². The average Bonchev–Trinajstić information content (AvgIpc) is 1.85. The van der Waals surface area contributed by atoms with Crippen molar-refractivity contribution in [2.75, 3.05) is 33.2 Å². The van der Waals surface area contributed by atoms with E-state index in [1.165, 1.54) is 26.2 Å². The van der Waals surface area contributed by atoms with Crippen LogP contribution in [0.15, 0.2) is 0 Å². The predicted octanol–water partition coefficient (Wildman–Crippen LogP) is 1.03. The van der Waals surface area contributed by atoms with Gasteiger partial charge in [-0.1, -0.05) is 6.92 Å². The molecule has 0 aromatic rings. The van der Waals surface area contributed by atoms with Crippen molar-refractivity contribution >= 4 is 0 Å². The minimum absolute atomic E-state index is 0.377. The summed E-state index contributed by atoms with van der Waals surface area (Å²) in [4.78, 5) is 4.96. The van der Waals surface area contributed by atoms with Gasteiger partial charge in [-0.2, -0.15) is 0 Å². The molecule has 1 aliphatic heterocycles. The first-order valence-corrected chi connectivity index (χ1v) is 4.50. The van der Waals surface area contributed by atoms with E-state index < -0.39 is 0 Å². The van der Waals surface area contributed by atoms with Crippen LogP contribution in [0.5, 0.6) is 0 Å². The van der Waals surface area contributed by atoms with Gasteiger partial charge in [0.1, 0.15) is 0 Å². The van der Waals surface area contributed by atoms with Crippen molar-refractivity contribution in [2.24, 2.45) is 0 Å². The fraction of sp³-hybridized carbons (Fsp3) is 1.00. The highest BCUT2D eigenvalue weighted by molar-refractivity contribution is 4.88. The summed E-state index contributed by atoms with van der Waals surface area (Å²) in [7, 11) is 2.20. The number of hydrogen-bond donors (Lipinski definition) is 0. The summed E-state index contributed by atoms with van der Waals surface area (Å²) in [6.45, 7) is 11.7. The van der Waals surface area contributed by atoms with Crippen LogP contribution in [0, 0.1) is 0 Å². The molecule has 0 aromatic carbocycles. The summed E-state index contributed by atoms with van der Waals surface area (Å²) in [6.07, 6.45) is 0. The summed E-state index contributed by atoms with van der Waals surface area (Å²) >= 11 is 0. The Hall–Kier alpha value is -0.0800. The molecule has 0 aromatic heterocycles. The topological polar surface area (TPSA) is 6.48 Å². The van der Waals surface area contributed by atoms with E-state index >= 15 is 0 Å². The maximum absolute atomic E-state index is 2.55. The van der Waals surface area contributed by atoms with Crippen LogP contribution in [0.25, 0.3) is 0 Å². The Kier molecular flexibility index (Phi) is 2.55. The molecular weight excluding hydrogens is 136 g/mol. The minimum atomic E-state index is 0.377.